The Morgan fingerprint density at radius 1 is 1.15 bits per heavy atom. The van der Waals surface area contributed by atoms with Crippen LogP contribution >= 0.6 is 0 Å². The average molecular weight is 278 g/mol. The fourth-order valence-electron chi connectivity index (χ4n) is 5.38. The molecule has 20 heavy (non-hydrogen) atoms. The molecule has 0 aromatic carbocycles. The van der Waals surface area contributed by atoms with E-state index in [1.54, 1.807) is 0 Å². The largest absolute Gasteiger partial charge is 0.465 e. The molecule has 5 aliphatic rings. The lowest BCUT2D eigenvalue weighted by Crippen LogP contribution is -2.50. The van der Waals surface area contributed by atoms with E-state index in [4.69, 9.17) is 9.47 Å². The van der Waals surface area contributed by atoms with Gasteiger partial charge in [-0.05, 0) is 62.7 Å². The lowest BCUT2D eigenvalue weighted by molar-refractivity contribution is -0.173. The van der Waals surface area contributed by atoms with E-state index >= 15 is 0 Å². The molecule has 110 valence electrons. The first-order valence-electron chi connectivity index (χ1n) is 7.98. The monoisotopic (exact) mass is 278 g/mol. The number of esters is 2. The van der Waals surface area contributed by atoms with Crippen LogP contribution in [0, 0.1) is 29.1 Å². The maximum absolute atomic E-state index is 12.6. The molecule has 0 radical (unpaired) electrons. The number of carbonyl (C=O) groups excluding carboxylic acids is 2. The molecule has 4 bridgehead atoms. The van der Waals surface area contributed by atoms with E-state index in [1.165, 1.54) is 19.3 Å². The summed E-state index contributed by atoms with van der Waals surface area (Å²) in [5, 5.41) is 0. The summed E-state index contributed by atoms with van der Waals surface area (Å²) in [5.41, 5.74) is -0.211. The molecule has 1 aliphatic heterocycles. The minimum absolute atomic E-state index is 0.0312. The summed E-state index contributed by atoms with van der Waals surface area (Å²) >= 11 is 0. The molecule has 4 saturated carbocycles. The summed E-state index contributed by atoms with van der Waals surface area (Å²) in [6.07, 6.45) is 7.71. The minimum atomic E-state index is -0.229. The van der Waals surface area contributed by atoms with Crippen LogP contribution in [-0.4, -0.2) is 25.2 Å². The van der Waals surface area contributed by atoms with Gasteiger partial charge in [-0.2, -0.15) is 0 Å². The lowest BCUT2D eigenvalue weighted by atomic mass is 9.49. The molecular weight excluding hydrogens is 256 g/mol. The van der Waals surface area contributed by atoms with Crippen molar-refractivity contribution in [1.82, 2.24) is 0 Å². The first kappa shape index (κ1) is 12.7. The molecule has 5 rings (SSSR count). The smallest absolute Gasteiger partial charge is 0.312 e. The second-order valence-corrected chi connectivity index (χ2v) is 7.45. The van der Waals surface area contributed by atoms with E-state index < -0.39 is 0 Å². The summed E-state index contributed by atoms with van der Waals surface area (Å²) < 4.78 is 10.5. The van der Waals surface area contributed by atoms with Crippen molar-refractivity contribution in [1.29, 1.82) is 0 Å². The topological polar surface area (TPSA) is 52.6 Å². The zero-order valence-corrected chi connectivity index (χ0v) is 11.8. The standard InChI is InChI=1S/C16H22O4/c17-14-13(1-2-19-14)9-20-15(18)16-6-10-3-11(7-16)5-12(4-10)8-16/h10-13H,1-9H2. The third kappa shape index (κ3) is 1.95. The number of ether oxygens (including phenoxy) is 2. The van der Waals surface area contributed by atoms with Crippen molar-refractivity contribution in [2.45, 2.75) is 44.9 Å². The first-order valence-corrected chi connectivity index (χ1v) is 7.98. The summed E-state index contributed by atoms with van der Waals surface area (Å²) in [6, 6.07) is 0. The fourth-order valence-corrected chi connectivity index (χ4v) is 5.38. The van der Waals surface area contributed by atoms with Gasteiger partial charge in [0.2, 0.25) is 0 Å². The van der Waals surface area contributed by atoms with Crippen LogP contribution in [0.4, 0.5) is 0 Å². The summed E-state index contributed by atoms with van der Waals surface area (Å²) in [4.78, 5) is 24.0. The number of rotatable bonds is 3. The molecule has 1 unspecified atom stereocenters. The number of cyclic esters (lactones) is 1. The second kappa shape index (κ2) is 4.47. The van der Waals surface area contributed by atoms with Gasteiger partial charge in [-0.1, -0.05) is 0 Å². The molecule has 1 atom stereocenters. The van der Waals surface area contributed by atoms with Gasteiger partial charge >= 0.3 is 11.9 Å². The Morgan fingerprint density at radius 3 is 2.25 bits per heavy atom. The summed E-state index contributed by atoms with van der Waals surface area (Å²) in [6.45, 7) is 0.692. The van der Waals surface area contributed by atoms with E-state index in [-0.39, 0.29) is 29.9 Å². The van der Waals surface area contributed by atoms with Gasteiger partial charge in [-0.25, -0.2) is 0 Å². The molecule has 4 aliphatic carbocycles. The molecule has 5 fully saturated rings. The van der Waals surface area contributed by atoms with E-state index in [0.29, 0.717) is 13.0 Å². The van der Waals surface area contributed by atoms with Gasteiger partial charge in [0.05, 0.1) is 17.9 Å². The third-order valence-corrected chi connectivity index (χ3v) is 5.93. The maximum atomic E-state index is 12.6. The summed E-state index contributed by atoms with van der Waals surface area (Å²) in [5.74, 6) is 1.76. The number of hydrogen-bond acceptors (Lipinski definition) is 4. The van der Waals surface area contributed by atoms with Crippen LogP contribution in [0.25, 0.3) is 0 Å². The van der Waals surface area contributed by atoms with Crippen molar-refractivity contribution < 1.29 is 19.1 Å². The summed E-state index contributed by atoms with van der Waals surface area (Å²) in [7, 11) is 0. The lowest BCUT2D eigenvalue weighted by Gasteiger charge is -2.55. The molecule has 0 N–H and O–H groups in total. The van der Waals surface area contributed by atoms with Gasteiger partial charge in [0.25, 0.3) is 0 Å². The van der Waals surface area contributed by atoms with Crippen LogP contribution in [-0.2, 0) is 19.1 Å². The molecule has 4 heteroatoms. The van der Waals surface area contributed by atoms with Crippen LogP contribution in [0.2, 0.25) is 0 Å². The van der Waals surface area contributed by atoms with Gasteiger partial charge < -0.3 is 9.47 Å². The van der Waals surface area contributed by atoms with Crippen LogP contribution in [0.15, 0.2) is 0 Å². The van der Waals surface area contributed by atoms with Crippen LogP contribution < -0.4 is 0 Å². The highest BCUT2D eigenvalue weighted by atomic mass is 16.6. The highest BCUT2D eigenvalue weighted by Gasteiger charge is 2.55. The SMILES string of the molecule is O=C1OCCC1COC(=O)C12CC3CC(CC(C3)C1)C2. The Hall–Kier alpha value is -1.06. The van der Waals surface area contributed by atoms with Gasteiger partial charge in [0.15, 0.2) is 0 Å². The van der Waals surface area contributed by atoms with Crippen molar-refractivity contribution in [2.75, 3.05) is 13.2 Å². The van der Waals surface area contributed by atoms with Gasteiger partial charge in [-0.3, -0.25) is 9.59 Å². The van der Waals surface area contributed by atoms with Crippen LogP contribution in [0.1, 0.15) is 44.9 Å². The van der Waals surface area contributed by atoms with E-state index in [0.717, 1.165) is 37.0 Å². The van der Waals surface area contributed by atoms with Crippen molar-refractivity contribution in [3.05, 3.63) is 0 Å². The quantitative estimate of drug-likeness (QED) is 0.743. The average Bonchev–Trinajstić information content (AvgIpc) is 2.80. The molecule has 0 spiro atoms. The third-order valence-electron chi connectivity index (χ3n) is 5.93. The zero-order valence-electron chi connectivity index (χ0n) is 11.8. The molecule has 1 saturated heterocycles. The molecule has 0 aromatic rings. The van der Waals surface area contributed by atoms with E-state index in [2.05, 4.69) is 0 Å². The maximum Gasteiger partial charge on any atom is 0.312 e. The Balaban J connectivity index is 1.42. The number of hydrogen-bond donors (Lipinski definition) is 0. The number of carbonyl (C=O) groups is 2. The minimum Gasteiger partial charge on any atom is -0.465 e. The second-order valence-electron chi connectivity index (χ2n) is 7.45. The first-order chi connectivity index (χ1) is 9.64. The molecular formula is C16H22O4. The predicted octanol–water partition coefficient (Wildman–Crippen LogP) is 2.31. The van der Waals surface area contributed by atoms with Gasteiger partial charge in [0, 0.05) is 0 Å². The van der Waals surface area contributed by atoms with Crippen LogP contribution in [0.5, 0.6) is 0 Å². The van der Waals surface area contributed by atoms with E-state index in [9.17, 15) is 9.59 Å². The highest BCUT2D eigenvalue weighted by molar-refractivity contribution is 5.79. The zero-order chi connectivity index (χ0) is 13.7. The van der Waals surface area contributed by atoms with Crippen molar-refractivity contribution in [2.24, 2.45) is 29.1 Å². The van der Waals surface area contributed by atoms with Gasteiger partial charge in [0.1, 0.15) is 6.61 Å². The molecule has 4 nitrogen and oxygen atoms in total. The Labute approximate surface area is 119 Å². The van der Waals surface area contributed by atoms with Crippen molar-refractivity contribution in [3.63, 3.8) is 0 Å². The van der Waals surface area contributed by atoms with E-state index in [1.807, 2.05) is 0 Å². The molecule has 1 heterocycles. The molecule has 0 aromatic heterocycles. The van der Waals surface area contributed by atoms with Crippen molar-refractivity contribution >= 4 is 11.9 Å². The van der Waals surface area contributed by atoms with Crippen molar-refractivity contribution in [3.8, 4) is 0 Å². The molecule has 0 amide bonds. The normalized spacial score (nSPS) is 45.5. The Bertz CT molecular complexity index is 406. The Kier molecular flexibility index (Phi) is 2.83. The Morgan fingerprint density at radius 2 is 1.75 bits per heavy atom. The fraction of sp³-hybridized carbons (Fsp3) is 0.875. The predicted molar refractivity (Wildman–Crippen MR) is 70.6 cm³/mol. The van der Waals surface area contributed by atoms with Crippen LogP contribution in [0.3, 0.4) is 0 Å². The van der Waals surface area contributed by atoms with Gasteiger partial charge in [-0.15, -0.1) is 0 Å². The highest BCUT2D eigenvalue weighted by Crippen LogP contribution is 2.60.